The van der Waals surface area contributed by atoms with Gasteiger partial charge in [0.25, 0.3) is 0 Å². The van der Waals surface area contributed by atoms with E-state index >= 15 is 0 Å². The van der Waals surface area contributed by atoms with Gasteiger partial charge in [-0.25, -0.2) is 0 Å². The number of benzene rings is 2. The molecule has 1 N–H and O–H groups in total. The Morgan fingerprint density at radius 3 is 2.67 bits per heavy atom. The minimum atomic E-state index is -0.0145. The molecule has 0 unspecified atom stereocenters. The molecule has 24 heavy (non-hydrogen) atoms. The summed E-state index contributed by atoms with van der Waals surface area (Å²) in [6, 6.07) is 15.5. The molecule has 0 fully saturated rings. The Morgan fingerprint density at radius 1 is 1.21 bits per heavy atom. The molecule has 0 saturated carbocycles. The number of aryl methyl sites for hydroxylation is 1. The Kier molecular flexibility index (Phi) is 7.09. The Balaban J connectivity index is 1.64. The largest absolute Gasteiger partial charge is 0.492 e. The van der Waals surface area contributed by atoms with E-state index in [2.05, 4.69) is 5.32 Å². The predicted molar refractivity (Wildman–Crippen MR) is 97.5 cm³/mol. The fraction of sp³-hybridized carbons (Fsp3) is 0.316. The van der Waals surface area contributed by atoms with Crippen molar-refractivity contribution in [2.75, 3.05) is 26.7 Å². The maximum Gasteiger partial charge on any atom is 0.234 e. The molecule has 2 aromatic carbocycles. The number of hydrogen-bond acceptors (Lipinski definition) is 3. The molecule has 2 rings (SSSR count). The second-order valence-electron chi connectivity index (χ2n) is 5.81. The number of nitrogens with zero attached hydrogens (tertiary/aromatic N) is 1. The fourth-order valence-electron chi connectivity index (χ4n) is 2.32. The Bertz CT molecular complexity index is 659. The summed E-state index contributed by atoms with van der Waals surface area (Å²) < 4.78 is 5.61. The monoisotopic (exact) mass is 346 g/mol. The van der Waals surface area contributed by atoms with E-state index in [0.29, 0.717) is 31.3 Å². The molecule has 0 aromatic heterocycles. The van der Waals surface area contributed by atoms with E-state index in [0.717, 1.165) is 16.9 Å². The van der Waals surface area contributed by atoms with Gasteiger partial charge in [0.1, 0.15) is 12.4 Å². The van der Waals surface area contributed by atoms with Crippen LogP contribution in [-0.4, -0.2) is 37.6 Å². The molecule has 0 radical (unpaired) electrons. The number of likely N-dealkylation sites (N-methyl/N-ethyl adjacent to an activating group) is 1. The van der Waals surface area contributed by atoms with Gasteiger partial charge >= 0.3 is 0 Å². The van der Waals surface area contributed by atoms with E-state index < -0.39 is 0 Å². The molecule has 0 saturated heterocycles. The zero-order valence-electron chi connectivity index (χ0n) is 14.1. The lowest BCUT2D eigenvalue weighted by atomic mass is 10.2. The third-order valence-corrected chi connectivity index (χ3v) is 3.71. The van der Waals surface area contributed by atoms with Crippen LogP contribution in [0.1, 0.15) is 11.1 Å². The molecular weight excluding hydrogens is 324 g/mol. The van der Waals surface area contributed by atoms with Gasteiger partial charge in [0.2, 0.25) is 5.91 Å². The van der Waals surface area contributed by atoms with Crippen molar-refractivity contribution in [3.05, 3.63) is 64.7 Å². The van der Waals surface area contributed by atoms with E-state index in [4.69, 9.17) is 16.3 Å². The quantitative estimate of drug-likeness (QED) is 0.746. The third kappa shape index (κ3) is 6.60. The van der Waals surface area contributed by atoms with Crippen LogP contribution in [0.25, 0.3) is 0 Å². The van der Waals surface area contributed by atoms with Crippen LogP contribution in [0, 0.1) is 6.92 Å². The summed E-state index contributed by atoms with van der Waals surface area (Å²) in [7, 11) is 1.91. The lowest BCUT2D eigenvalue weighted by molar-refractivity contribution is -0.122. The van der Waals surface area contributed by atoms with Crippen LogP contribution in [-0.2, 0) is 11.3 Å². The minimum absolute atomic E-state index is 0.0145. The number of nitrogens with one attached hydrogen (secondary N) is 1. The van der Waals surface area contributed by atoms with Crippen molar-refractivity contribution in [3.63, 3.8) is 0 Å². The van der Waals surface area contributed by atoms with Crippen molar-refractivity contribution in [1.29, 1.82) is 0 Å². The van der Waals surface area contributed by atoms with Gasteiger partial charge < -0.3 is 10.1 Å². The summed E-state index contributed by atoms with van der Waals surface area (Å²) in [6.45, 7) is 4.00. The molecule has 0 atom stereocenters. The highest BCUT2D eigenvalue weighted by atomic mass is 35.5. The van der Waals surface area contributed by atoms with E-state index in [9.17, 15) is 4.79 Å². The van der Waals surface area contributed by atoms with Gasteiger partial charge in [-0.1, -0.05) is 35.9 Å². The molecule has 0 aliphatic heterocycles. The number of carbonyl (C=O) groups excluding carboxylic acids is 1. The Morgan fingerprint density at radius 2 is 1.96 bits per heavy atom. The van der Waals surface area contributed by atoms with Crippen LogP contribution in [0.15, 0.2) is 48.5 Å². The molecule has 5 heteroatoms. The second-order valence-corrected chi connectivity index (χ2v) is 6.25. The van der Waals surface area contributed by atoms with Gasteiger partial charge in [0.15, 0.2) is 0 Å². The summed E-state index contributed by atoms with van der Waals surface area (Å²) in [4.78, 5) is 13.9. The van der Waals surface area contributed by atoms with Gasteiger partial charge in [-0.05, 0) is 49.4 Å². The normalized spacial score (nSPS) is 10.7. The van der Waals surface area contributed by atoms with Gasteiger partial charge in [-0.3, -0.25) is 9.69 Å². The van der Waals surface area contributed by atoms with Gasteiger partial charge in [-0.15, -0.1) is 0 Å². The first-order valence-electron chi connectivity index (χ1n) is 7.92. The lowest BCUT2D eigenvalue weighted by Crippen LogP contribution is -2.36. The van der Waals surface area contributed by atoms with Crippen molar-refractivity contribution < 1.29 is 9.53 Å². The number of amides is 1. The van der Waals surface area contributed by atoms with Crippen LogP contribution in [0.3, 0.4) is 0 Å². The Labute approximate surface area is 148 Å². The summed E-state index contributed by atoms with van der Waals surface area (Å²) >= 11 is 5.87. The molecule has 0 aliphatic carbocycles. The predicted octanol–water partition coefficient (Wildman–Crippen LogP) is 3.28. The van der Waals surface area contributed by atoms with Crippen molar-refractivity contribution in [2.45, 2.75) is 13.5 Å². The van der Waals surface area contributed by atoms with Gasteiger partial charge in [-0.2, -0.15) is 0 Å². The average Bonchev–Trinajstić information content (AvgIpc) is 2.54. The van der Waals surface area contributed by atoms with Gasteiger partial charge in [0.05, 0.1) is 13.1 Å². The Hall–Kier alpha value is -2.04. The maximum absolute atomic E-state index is 11.9. The molecule has 4 nitrogen and oxygen atoms in total. The molecule has 128 valence electrons. The second kappa shape index (κ2) is 9.30. The molecule has 0 bridgehead atoms. The zero-order valence-corrected chi connectivity index (χ0v) is 14.8. The first kappa shape index (κ1) is 18.3. The van der Waals surface area contributed by atoms with Gasteiger partial charge in [0, 0.05) is 11.6 Å². The molecule has 2 aromatic rings. The van der Waals surface area contributed by atoms with E-state index in [1.807, 2.05) is 67.4 Å². The molecule has 1 amide bonds. The van der Waals surface area contributed by atoms with Crippen molar-refractivity contribution >= 4 is 17.5 Å². The van der Waals surface area contributed by atoms with Crippen molar-refractivity contribution in [2.24, 2.45) is 0 Å². The third-order valence-electron chi connectivity index (χ3n) is 3.46. The van der Waals surface area contributed by atoms with E-state index in [1.54, 1.807) is 0 Å². The van der Waals surface area contributed by atoms with Crippen molar-refractivity contribution in [1.82, 2.24) is 10.2 Å². The highest BCUT2D eigenvalue weighted by Crippen LogP contribution is 2.12. The standard InChI is InChI=1S/C19H23ClN2O2/c1-15-4-3-5-18(12-15)24-11-10-21-19(23)14-22(2)13-16-6-8-17(20)9-7-16/h3-9,12H,10-11,13-14H2,1-2H3,(H,21,23). The number of carbonyl (C=O) groups is 1. The smallest absolute Gasteiger partial charge is 0.234 e. The van der Waals surface area contributed by atoms with Crippen LogP contribution >= 0.6 is 11.6 Å². The van der Waals surface area contributed by atoms with E-state index in [-0.39, 0.29) is 5.91 Å². The molecule has 0 spiro atoms. The number of rotatable bonds is 8. The summed E-state index contributed by atoms with van der Waals surface area (Å²) in [5.74, 6) is 0.809. The number of halogens is 1. The minimum Gasteiger partial charge on any atom is -0.492 e. The van der Waals surface area contributed by atoms with Crippen LogP contribution < -0.4 is 10.1 Å². The highest BCUT2D eigenvalue weighted by molar-refractivity contribution is 6.30. The SMILES string of the molecule is Cc1cccc(OCCNC(=O)CN(C)Cc2ccc(Cl)cc2)c1. The molecular formula is C19H23ClN2O2. The van der Waals surface area contributed by atoms with Crippen LogP contribution in [0.4, 0.5) is 0 Å². The lowest BCUT2D eigenvalue weighted by Gasteiger charge is -2.16. The first-order valence-corrected chi connectivity index (χ1v) is 8.30. The fourth-order valence-corrected chi connectivity index (χ4v) is 2.45. The number of hydrogen-bond donors (Lipinski definition) is 1. The maximum atomic E-state index is 11.9. The molecule has 0 aliphatic rings. The van der Waals surface area contributed by atoms with E-state index in [1.165, 1.54) is 0 Å². The zero-order chi connectivity index (χ0) is 17.4. The van der Waals surface area contributed by atoms with Crippen LogP contribution in [0.5, 0.6) is 5.75 Å². The summed E-state index contributed by atoms with van der Waals surface area (Å²) in [5.41, 5.74) is 2.28. The van der Waals surface area contributed by atoms with Crippen molar-refractivity contribution in [3.8, 4) is 5.75 Å². The summed E-state index contributed by atoms with van der Waals surface area (Å²) in [6.07, 6.45) is 0. The number of ether oxygens (including phenoxy) is 1. The van der Waals surface area contributed by atoms with Crippen LogP contribution in [0.2, 0.25) is 5.02 Å². The highest BCUT2D eigenvalue weighted by Gasteiger charge is 2.07. The average molecular weight is 347 g/mol. The topological polar surface area (TPSA) is 41.6 Å². The molecule has 0 heterocycles. The summed E-state index contributed by atoms with van der Waals surface area (Å²) in [5, 5.41) is 3.58. The first-order chi connectivity index (χ1) is 11.5.